The van der Waals surface area contributed by atoms with Gasteiger partial charge in [0.05, 0.1) is 5.75 Å². The third-order valence-electron chi connectivity index (χ3n) is 2.48. The van der Waals surface area contributed by atoms with Crippen molar-refractivity contribution in [2.75, 3.05) is 0 Å². The highest BCUT2D eigenvalue weighted by molar-refractivity contribution is 7.93. The molecule has 0 aliphatic heterocycles. The number of sulfone groups is 1. The van der Waals surface area contributed by atoms with Gasteiger partial charge in [-0.25, -0.2) is 8.42 Å². The monoisotopic (exact) mass is 258 g/mol. The van der Waals surface area contributed by atoms with Crippen molar-refractivity contribution in [3.05, 3.63) is 77.2 Å². The summed E-state index contributed by atoms with van der Waals surface area (Å²) in [6, 6.07) is 18.6. The predicted octanol–water partition coefficient (Wildman–Crippen LogP) is 3.27. The van der Waals surface area contributed by atoms with Crippen molar-refractivity contribution in [3.8, 4) is 0 Å². The maximum Gasteiger partial charge on any atom is 0.175 e. The zero-order valence-electron chi connectivity index (χ0n) is 9.86. The second kappa shape index (κ2) is 5.65. The van der Waals surface area contributed by atoms with Gasteiger partial charge in [-0.2, -0.15) is 0 Å². The molecule has 0 amide bonds. The molecule has 0 saturated carbocycles. The first kappa shape index (κ1) is 12.6. The SMILES string of the molecule is O=S(=O)(/C=C/c1ccccc1)Cc1ccccc1. The van der Waals surface area contributed by atoms with Gasteiger partial charge in [0, 0.05) is 5.41 Å². The molecule has 92 valence electrons. The lowest BCUT2D eigenvalue weighted by Gasteiger charge is -1.99. The quantitative estimate of drug-likeness (QED) is 0.843. The molecule has 0 heterocycles. The number of rotatable bonds is 4. The predicted molar refractivity (Wildman–Crippen MR) is 74.5 cm³/mol. The van der Waals surface area contributed by atoms with Gasteiger partial charge < -0.3 is 0 Å². The highest BCUT2D eigenvalue weighted by Crippen LogP contribution is 2.09. The summed E-state index contributed by atoms with van der Waals surface area (Å²) in [7, 11) is -3.21. The summed E-state index contributed by atoms with van der Waals surface area (Å²) < 4.78 is 23.8. The normalized spacial score (nSPS) is 11.8. The Hall–Kier alpha value is -1.87. The first-order chi connectivity index (χ1) is 8.66. The second-order valence-electron chi connectivity index (χ2n) is 4.01. The van der Waals surface area contributed by atoms with Crippen LogP contribution in [0.25, 0.3) is 6.08 Å². The van der Waals surface area contributed by atoms with E-state index in [0.717, 1.165) is 11.1 Å². The molecular weight excluding hydrogens is 244 g/mol. The van der Waals surface area contributed by atoms with E-state index in [-0.39, 0.29) is 5.75 Å². The Morgan fingerprint density at radius 1 is 0.833 bits per heavy atom. The van der Waals surface area contributed by atoms with Gasteiger partial charge in [0.2, 0.25) is 0 Å². The highest BCUT2D eigenvalue weighted by Gasteiger charge is 2.06. The zero-order valence-corrected chi connectivity index (χ0v) is 10.7. The van der Waals surface area contributed by atoms with Crippen LogP contribution in [0.3, 0.4) is 0 Å². The van der Waals surface area contributed by atoms with E-state index >= 15 is 0 Å². The van der Waals surface area contributed by atoms with Crippen molar-refractivity contribution in [2.45, 2.75) is 5.75 Å². The molecule has 0 fully saturated rings. The Labute approximate surface area is 108 Å². The molecule has 0 N–H and O–H groups in total. The Bertz CT molecular complexity index is 614. The third kappa shape index (κ3) is 3.86. The molecular formula is C15H14O2S. The van der Waals surface area contributed by atoms with Crippen molar-refractivity contribution in [3.63, 3.8) is 0 Å². The molecule has 0 aliphatic carbocycles. The number of benzene rings is 2. The first-order valence-electron chi connectivity index (χ1n) is 5.65. The standard InChI is InChI=1S/C15H14O2S/c16-18(17,13-15-9-5-2-6-10-15)12-11-14-7-3-1-4-8-14/h1-12H,13H2/b12-11+. The largest absolute Gasteiger partial charge is 0.224 e. The molecule has 2 aromatic carbocycles. The number of hydrogen-bond donors (Lipinski definition) is 0. The molecule has 0 spiro atoms. The summed E-state index contributed by atoms with van der Waals surface area (Å²) >= 11 is 0. The van der Waals surface area contributed by atoms with Gasteiger partial charge in [-0.1, -0.05) is 60.7 Å². The topological polar surface area (TPSA) is 34.1 Å². The molecule has 0 radical (unpaired) electrons. The molecule has 0 bridgehead atoms. The van der Waals surface area contributed by atoms with Gasteiger partial charge in [-0.3, -0.25) is 0 Å². The Kier molecular flexibility index (Phi) is 3.95. The molecule has 0 saturated heterocycles. The van der Waals surface area contributed by atoms with E-state index in [2.05, 4.69) is 0 Å². The molecule has 2 nitrogen and oxygen atoms in total. The third-order valence-corrected chi connectivity index (χ3v) is 3.76. The second-order valence-corrected chi connectivity index (χ2v) is 5.89. The van der Waals surface area contributed by atoms with Crippen molar-refractivity contribution < 1.29 is 8.42 Å². The zero-order chi connectivity index (χ0) is 12.8. The molecule has 0 atom stereocenters. The van der Waals surface area contributed by atoms with Gasteiger partial charge in [0.15, 0.2) is 9.84 Å². The maximum atomic E-state index is 11.9. The van der Waals surface area contributed by atoms with Crippen LogP contribution >= 0.6 is 0 Å². The molecule has 2 aromatic rings. The van der Waals surface area contributed by atoms with E-state index < -0.39 is 9.84 Å². The molecule has 0 aliphatic rings. The van der Waals surface area contributed by atoms with Crippen LogP contribution < -0.4 is 0 Å². The van der Waals surface area contributed by atoms with Crippen LogP contribution in [0.5, 0.6) is 0 Å². The lowest BCUT2D eigenvalue weighted by molar-refractivity contribution is 0.604. The fraction of sp³-hybridized carbons (Fsp3) is 0.0667. The molecule has 2 rings (SSSR count). The van der Waals surface area contributed by atoms with E-state index in [1.165, 1.54) is 5.41 Å². The Morgan fingerprint density at radius 2 is 1.39 bits per heavy atom. The van der Waals surface area contributed by atoms with Crippen LogP contribution in [-0.2, 0) is 15.6 Å². The molecule has 0 unspecified atom stereocenters. The van der Waals surface area contributed by atoms with Crippen molar-refractivity contribution in [1.29, 1.82) is 0 Å². The lowest BCUT2D eigenvalue weighted by Crippen LogP contribution is -1.99. The van der Waals surface area contributed by atoms with Gasteiger partial charge in [-0.15, -0.1) is 0 Å². The minimum Gasteiger partial charge on any atom is -0.224 e. The van der Waals surface area contributed by atoms with Crippen molar-refractivity contribution in [1.82, 2.24) is 0 Å². The summed E-state index contributed by atoms with van der Waals surface area (Å²) in [5.41, 5.74) is 1.68. The average Bonchev–Trinajstić information content (AvgIpc) is 2.38. The van der Waals surface area contributed by atoms with E-state index in [0.29, 0.717) is 0 Å². The fourth-order valence-corrected chi connectivity index (χ4v) is 2.72. The Balaban J connectivity index is 2.11. The smallest absolute Gasteiger partial charge is 0.175 e. The molecule has 3 heteroatoms. The van der Waals surface area contributed by atoms with Crippen LogP contribution in [0.4, 0.5) is 0 Å². The summed E-state index contributed by atoms with van der Waals surface area (Å²) in [5, 5.41) is 1.27. The van der Waals surface area contributed by atoms with Crippen LogP contribution in [0.2, 0.25) is 0 Å². The average molecular weight is 258 g/mol. The van der Waals surface area contributed by atoms with Gasteiger partial charge in [-0.05, 0) is 17.2 Å². The van der Waals surface area contributed by atoms with Gasteiger partial charge >= 0.3 is 0 Å². The molecule has 18 heavy (non-hydrogen) atoms. The maximum absolute atomic E-state index is 11.9. The minimum absolute atomic E-state index is 0.0389. The molecule has 0 aromatic heterocycles. The summed E-state index contributed by atoms with van der Waals surface area (Å²) in [6.45, 7) is 0. The van der Waals surface area contributed by atoms with Crippen LogP contribution in [0.1, 0.15) is 11.1 Å². The van der Waals surface area contributed by atoms with Gasteiger partial charge in [0.1, 0.15) is 0 Å². The van der Waals surface area contributed by atoms with Gasteiger partial charge in [0.25, 0.3) is 0 Å². The first-order valence-corrected chi connectivity index (χ1v) is 7.37. The summed E-state index contributed by atoms with van der Waals surface area (Å²) in [4.78, 5) is 0. The Morgan fingerprint density at radius 3 is 2.00 bits per heavy atom. The van der Waals surface area contributed by atoms with Crippen molar-refractivity contribution >= 4 is 15.9 Å². The van der Waals surface area contributed by atoms with E-state index in [9.17, 15) is 8.42 Å². The van der Waals surface area contributed by atoms with E-state index in [1.54, 1.807) is 6.08 Å². The minimum atomic E-state index is -3.21. The van der Waals surface area contributed by atoms with Crippen LogP contribution in [-0.4, -0.2) is 8.42 Å². The number of hydrogen-bond acceptors (Lipinski definition) is 2. The lowest BCUT2D eigenvalue weighted by atomic mass is 10.2. The summed E-state index contributed by atoms with van der Waals surface area (Å²) in [6.07, 6.45) is 1.62. The van der Waals surface area contributed by atoms with Crippen molar-refractivity contribution in [2.24, 2.45) is 0 Å². The van der Waals surface area contributed by atoms with Crippen LogP contribution in [0.15, 0.2) is 66.1 Å². The fourth-order valence-electron chi connectivity index (χ4n) is 1.60. The summed E-state index contributed by atoms with van der Waals surface area (Å²) in [5.74, 6) is 0.0389. The highest BCUT2D eigenvalue weighted by atomic mass is 32.2. The van der Waals surface area contributed by atoms with Crippen LogP contribution in [0, 0.1) is 0 Å². The van der Waals surface area contributed by atoms with E-state index in [1.807, 2.05) is 60.7 Å². The van der Waals surface area contributed by atoms with E-state index in [4.69, 9.17) is 0 Å².